The predicted octanol–water partition coefficient (Wildman–Crippen LogP) is 4.19. The topological polar surface area (TPSA) is 84.4 Å². The number of benzene rings is 1. The Bertz CT molecular complexity index is 1080. The number of anilines is 1. The van der Waals surface area contributed by atoms with Crippen LogP contribution >= 0.6 is 11.9 Å². The van der Waals surface area contributed by atoms with E-state index in [1.807, 2.05) is 14.0 Å². The number of unbranched alkanes of at least 4 members (excludes halogenated alkanes) is 1. The molecule has 7 nitrogen and oxygen atoms in total. The molecule has 1 aromatic carbocycles. The summed E-state index contributed by atoms with van der Waals surface area (Å²) in [5.41, 5.74) is -0.0321. The number of guanidine groups is 1. The minimum Gasteiger partial charge on any atom is -0.345 e. The molecule has 1 aromatic heterocycles. The molecule has 2 saturated heterocycles. The number of amides is 1. The first kappa shape index (κ1) is 24.4. The summed E-state index contributed by atoms with van der Waals surface area (Å²) < 4.78 is 29.9. The molecule has 34 heavy (non-hydrogen) atoms. The molecule has 2 aromatic rings. The third kappa shape index (κ3) is 4.48. The van der Waals surface area contributed by atoms with E-state index in [9.17, 15) is 9.18 Å². The van der Waals surface area contributed by atoms with Crippen LogP contribution in [0.15, 0.2) is 36.5 Å². The molecule has 3 heterocycles. The third-order valence-corrected chi connectivity index (χ3v) is 8.32. The molecule has 0 radical (unpaired) electrons. The second kappa shape index (κ2) is 9.50. The number of nitrogens with zero attached hydrogens (tertiary/aromatic N) is 3. The fraction of sp³-hybridized carbons (Fsp3) is 0.458. The Labute approximate surface area is 202 Å². The second-order valence-corrected chi connectivity index (χ2v) is 10.6. The lowest BCUT2D eigenvalue weighted by Crippen LogP contribution is -2.66. The minimum atomic E-state index is -0.888. The van der Waals surface area contributed by atoms with Gasteiger partial charge in [-0.05, 0) is 75.1 Å². The van der Waals surface area contributed by atoms with Crippen LogP contribution < -0.4 is 10.6 Å². The first-order valence-corrected chi connectivity index (χ1v) is 12.2. The Morgan fingerprint density at radius 1 is 1.32 bits per heavy atom. The second-order valence-electron chi connectivity index (χ2n) is 9.07. The molecule has 2 aliphatic rings. The molecule has 1 amide bonds. The molecule has 0 bridgehead atoms. The molecule has 2 fully saturated rings. The number of carbonyl (C=O) groups excluding carboxylic acids is 1. The fourth-order valence-electron chi connectivity index (χ4n) is 4.75. The van der Waals surface area contributed by atoms with E-state index in [2.05, 4.69) is 27.4 Å². The van der Waals surface area contributed by atoms with Gasteiger partial charge in [-0.3, -0.25) is 14.5 Å². The molecule has 4 rings (SSSR count). The van der Waals surface area contributed by atoms with Crippen LogP contribution in [-0.4, -0.2) is 57.5 Å². The van der Waals surface area contributed by atoms with Crippen LogP contribution in [0.25, 0.3) is 0 Å². The van der Waals surface area contributed by atoms with Crippen molar-refractivity contribution in [3.05, 3.63) is 59.4 Å². The van der Waals surface area contributed by atoms with Crippen molar-refractivity contribution in [1.29, 1.82) is 5.41 Å². The average Bonchev–Trinajstić information content (AvgIpc) is 3.22. The Kier molecular flexibility index (Phi) is 6.82. The Morgan fingerprint density at radius 3 is 2.82 bits per heavy atom. The summed E-state index contributed by atoms with van der Waals surface area (Å²) in [6.07, 6.45) is 4.02. The Balaban J connectivity index is 1.67. The summed E-state index contributed by atoms with van der Waals surface area (Å²) in [7, 11) is 1.85. The van der Waals surface area contributed by atoms with Crippen molar-refractivity contribution in [1.82, 2.24) is 19.5 Å². The monoisotopic (exact) mass is 488 g/mol. The Morgan fingerprint density at radius 2 is 2.12 bits per heavy atom. The zero-order valence-electron chi connectivity index (χ0n) is 19.6. The van der Waals surface area contributed by atoms with Crippen LogP contribution in [0.3, 0.4) is 0 Å². The number of pyridine rings is 1. The van der Waals surface area contributed by atoms with Gasteiger partial charge in [0.25, 0.3) is 5.91 Å². The quantitative estimate of drug-likeness (QED) is 0.529. The summed E-state index contributed by atoms with van der Waals surface area (Å²) in [6, 6.07) is 6.91. The zero-order valence-corrected chi connectivity index (χ0v) is 20.4. The van der Waals surface area contributed by atoms with Crippen molar-refractivity contribution in [2.45, 2.75) is 43.4 Å². The van der Waals surface area contributed by atoms with Crippen LogP contribution in [0.1, 0.15) is 49.2 Å². The maximum atomic E-state index is 15.4. The van der Waals surface area contributed by atoms with Gasteiger partial charge in [-0.15, -0.1) is 0 Å². The van der Waals surface area contributed by atoms with E-state index < -0.39 is 27.8 Å². The molecule has 3 N–H and O–H groups in total. The van der Waals surface area contributed by atoms with Crippen LogP contribution in [-0.2, 0) is 5.54 Å². The van der Waals surface area contributed by atoms with Crippen molar-refractivity contribution in [2.24, 2.45) is 0 Å². The maximum absolute atomic E-state index is 15.4. The summed E-state index contributed by atoms with van der Waals surface area (Å²) in [5, 5.41) is 14.4. The molecule has 2 aliphatic heterocycles. The van der Waals surface area contributed by atoms with E-state index in [1.54, 1.807) is 22.3 Å². The van der Waals surface area contributed by atoms with Gasteiger partial charge in [-0.25, -0.2) is 13.8 Å². The van der Waals surface area contributed by atoms with Gasteiger partial charge in [-0.2, -0.15) is 0 Å². The average molecular weight is 489 g/mol. The van der Waals surface area contributed by atoms with E-state index in [0.717, 1.165) is 45.1 Å². The molecule has 182 valence electrons. The summed E-state index contributed by atoms with van der Waals surface area (Å²) in [6.45, 7) is 6.75. The standard InChI is InChI=1S/C24H30F2N6OS/c1-4-5-11-32-12-10-24(15-32)23(2,30-22(27)31(3)34-24)18-13-17(7-8-19(18)26)29-21(33)20-9-6-16(25)14-28-20/h6-9,13-14H,4-5,10-12,15H2,1-3H3,(H2,27,30)(H,29,33)/t23-,24-/m1/s1. The highest BCUT2D eigenvalue weighted by molar-refractivity contribution is 7.99. The van der Waals surface area contributed by atoms with Crippen LogP contribution in [0.5, 0.6) is 0 Å². The highest BCUT2D eigenvalue weighted by Gasteiger charge is 2.58. The van der Waals surface area contributed by atoms with E-state index >= 15 is 4.39 Å². The first-order chi connectivity index (χ1) is 16.2. The fourth-order valence-corrected chi connectivity index (χ4v) is 6.17. The molecular weight excluding hydrogens is 458 g/mol. The molecular formula is C24H30F2N6OS. The highest BCUT2D eigenvalue weighted by atomic mass is 32.2. The number of carbonyl (C=O) groups is 1. The third-order valence-electron chi connectivity index (χ3n) is 6.77. The molecule has 0 saturated carbocycles. The van der Waals surface area contributed by atoms with Crippen LogP contribution in [0.2, 0.25) is 0 Å². The van der Waals surface area contributed by atoms with Gasteiger partial charge in [0, 0.05) is 24.8 Å². The van der Waals surface area contributed by atoms with Gasteiger partial charge < -0.3 is 15.5 Å². The molecule has 0 unspecified atom stereocenters. The van der Waals surface area contributed by atoms with Crippen LogP contribution in [0.4, 0.5) is 14.5 Å². The molecule has 1 spiro atoms. The largest absolute Gasteiger partial charge is 0.345 e. The lowest BCUT2D eigenvalue weighted by Gasteiger charge is -2.53. The van der Waals surface area contributed by atoms with E-state index in [0.29, 0.717) is 11.3 Å². The van der Waals surface area contributed by atoms with E-state index in [1.165, 1.54) is 24.3 Å². The van der Waals surface area contributed by atoms with Crippen molar-refractivity contribution in [2.75, 3.05) is 32.0 Å². The maximum Gasteiger partial charge on any atom is 0.274 e. The van der Waals surface area contributed by atoms with Gasteiger partial charge in [-0.1, -0.05) is 13.3 Å². The lowest BCUT2D eigenvalue weighted by atomic mass is 9.77. The van der Waals surface area contributed by atoms with Crippen molar-refractivity contribution in [3.8, 4) is 0 Å². The summed E-state index contributed by atoms with van der Waals surface area (Å²) in [5.74, 6) is -1.24. The number of hydrogen-bond acceptors (Lipinski definition) is 5. The van der Waals surface area contributed by atoms with Gasteiger partial charge >= 0.3 is 0 Å². The van der Waals surface area contributed by atoms with Gasteiger partial charge in [0.2, 0.25) is 5.96 Å². The summed E-state index contributed by atoms with van der Waals surface area (Å²) >= 11 is 1.58. The number of nitrogens with one attached hydrogen (secondary N) is 3. The summed E-state index contributed by atoms with van der Waals surface area (Å²) in [4.78, 5) is 18.8. The number of hydrogen-bond donors (Lipinski definition) is 3. The number of halogens is 2. The molecule has 10 heteroatoms. The number of rotatable bonds is 6. The zero-order chi connectivity index (χ0) is 24.5. The van der Waals surface area contributed by atoms with E-state index in [4.69, 9.17) is 5.41 Å². The normalized spacial score (nSPS) is 25.0. The Hall–Kier alpha value is -2.72. The van der Waals surface area contributed by atoms with Crippen molar-refractivity contribution >= 4 is 29.5 Å². The number of likely N-dealkylation sites (tertiary alicyclic amines) is 1. The highest BCUT2D eigenvalue weighted by Crippen LogP contribution is 2.52. The van der Waals surface area contributed by atoms with Crippen molar-refractivity contribution in [3.63, 3.8) is 0 Å². The smallest absolute Gasteiger partial charge is 0.274 e. The van der Waals surface area contributed by atoms with Crippen molar-refractivity contribution < 1.29 is 13.6 Å². The molecule has 2 atom stereocenters. The lowest BCUT2D eigenvalue weighted by molar-refractivity contribution is 0.102. The SMILES string of the molecule is CCCCN1CC[C@]2(C1)SN(C)C(=N)N[C@]2(C)c1cc(NC(=O)c2ccc(F)cn2)ccc1F. The predicted molar refractivity (Wildman–Crippen MR) is 131 cm³/mol. The first-order valence-electron chi connectivity index (χ1n) is 11.4. The van der Waals surface area contributed by atoms with Gasteiger partial charge in [0.15, 0.2) is 0 Å². The number of aromatic nitrogens is 1. The van der Waals surface area contributed by atoms with Gasteiger partial charge in [0.05, 0.1) is 16.5 Å². The minimum absolute atomic E-state index is 0.0621. The van der Waals surface area contributed by atoms with Crippen LogP contribution in [0, 0.1) is 17.0 Å². The van der Waals surface area contributed by atoms with Gasteiger partial charge in [0.1, 0.15) is 17.3 Å². The van der Waals surface area contributed by atoms with E-state index in [-0.39, 0.29) is 11.7 Å². The molecule has 0 aliphatic carbocycles.